The topological polar surface area (TPSA) is 66.2 Å². The van der Waals surface area contributed by atoms with Crippen LogP contribution in [0.5, 0.6) is 5.75 Å². The number of thioether (sulfide) groups is 1. The second-order valence-electron chi connectivity index (χ2n) is 4.57. The van der Waals surface area contributed by atoms with Gasteiger partial charge >= 0.3 is 5.97 Å². The van der Waals surface area contributed by atoms with Crippen LogP contribution in [0.3, 0.4) is 0 Å². The second-order valence-corrected chi connectivity index (χ2v) is 5.51. The van der Waals surface area contributed by atoms with Crippen LogP contribution in [0.15, 0.2) is 35.5 Å². The van der Waals surface area contributed by atoms with Gasteiger partial charge in [0.05, 0.1) is 12.4 Å². The average molecular weight is 321 g/mol. The van der Waals surface area contributed by atoms with E-state index in [0.29, 0.717) is 17.6 Å². The van der Waals surface area contributed by atoms with Gasteiger partial charge in [0.15, 0.2) is 17.1 Å². The molecule has 0 aliphatic rings. The molecule has 0 aliphatic heterocycles. The Kier molecular flexibility index (Phi) is 5.83. The van der Waals surface area contributed by atoms with E-state index in [9.17, 15) is 4.79 Å². The third kappa shape index (κ3) is 4.24. The van der Waals surface area contributed by atoms with Gasteiger partial charge < -0.3 is 14.0 Å². The first-order chi connectivity index (χ1) is 10.6. The highest BCUT2D eigenvalue weighted by atomic mass is 32.2. The van der Waals surface area contributed by atoms with Gasteiger partial charge in [-0.15, -0.1) is 10.2 Å². The number of para-hydroxylation sites is 1. The van der Waals surface area contributed by atoms with E-state index >= 15 is 0 Å². The lowest BCUT2D eigenvalue weighted by Gasteiger charge is -2.14. The van der Waals surface area contributed by atoms with Crippen molar-refractivity contribution < 1.29 is 14.3 Å². The van der Waals surface area contributed by atoms with Crippen LogP contribution in [-0.4, -0.2) is 33.1 Å². The van der Waals surface area contributed by atoms with Gasteiger partial charge in [0.2, 0.25) is 0 Å². The molecule has 0 saturated carbocycles. The average Bonchev–Trinajstić information content (AvgIpc) is 2.87. The molecular weight excluding hydrogens is 302 g/mol. The summed E-state index contributed by atoms with van der Waals surface area (Å²) in [6, 6.07) is 9.55. The predicted molar refractivity (Wildman–Crippen MR) is 83.8 cm³/mol. The summed E-state index contributed by atoms with van der Waals surface area (Å²) >= 11 is 1.30. The zero-order valence-corrected chi connectivity index (χ0v) is 13.7. The number of carbonyl (C=O) groups is 1. The van der Waals surface area contributed by atoms with Gasteiger partial charge in [-0.25, -0.2) is 0 Å². The lowest BCUT2D eigenvalue weighted by Crippen LogP contribution is -2.11. The van der Waals surface area contributed by atoms with E-state index < -0.39 is 0 Å². The van der Waals surface area contributed by atoms with Crippen LogP contribution in [0.2, 0.25) is 0 Å². The molecule has 1 atom stereocenters. The molecule has 0 spiro atoms. The summed E-state index contributed by atoms with van der Waals surface area (Å²) in [6.07, 6.45) is -0.239. The fourth-order valence-corrected chi connectivity index (χ4v) is 2.60. The van der Waals surface area contributed by atoms with Crippen LogP contribution < -0.4 is 4.74 Å². The van der Waals surface area contributed by atoms with Crippen molar-refractivity contribution in [2.75, 3.05) is 12.4 Å². The Hall–Kier alpha value is -2.02. The molecule has 0 amide bonds. The zero-order valence-electron chi connectivity index (χ0n) is 12.9. The van der Waals surface area contributed by atoms with Gasteiger partial charge in [-0.3, -0.25) is 4.79 Å². The highest BCUT2D eigenvalue weighted by Gasteiger charge is 2.18. The number of nitrogens with zero attached hydrogens (tertiary/aromatic N) is 3. The standard InChI is InChI=1S/C15H19N3O3S/c1-4-20-13(19)10-22-15-17-16-14(18(15)3)11(2)21-12-8-6-5-7-9-12/h5-9,11H,4,10H2,1-3H3. The lowest BCUT2D eigenvalue weighted by atomic mass is 10.3. The molecule has 0 bridgehead atoms. The summed E-state index contributed by atoms with van der Waals surface area (Å²) in [4.78, 5) is 11.4. The largest absolute Gasteiger partial charge is 0.483 e. The Balaban J connectivity index is 1.99. The molecule has 0 aliphatic carbocycles. The minimum absolute atomic E-state index is 0.216. The van der Waals surface area contributed by atoms with E-state index in [1.165, 1.54) is 11.8 Å². The first-order valence-corrected chi connectivity index (χ1v) is 7.99. The highest BCUT2D eigenvalue weighted by molar-refractivity contribution is 7.99. The highest BCUT2D eigenvalue weighted by Crippen LogP contribution is 2.23. The molecule has 6 nitrogen and oxygen atoms in total. The fraction of sp³-hybridized carbons (Fsp3) is 0.400. The van der Waals surface area contributed by atoms with E-state index in [4.69, 9.17) is 9.47 Å². The smallest absolute Gasteiger partial charge is 0.316 e. The van der Waals surface area contributed by atoms with Gasteiger partial charge in [0.25, 0.3) is 0 Å². The van der Waals surface area contributed by atoms with Gasteiger partial charge in [-0.1, -0.05) is 30.0 Å². The first kappa shape index (κ1) is 16.4. The van der Waals surface area contributed by atoms with Gasteiger partial charge in [0.1, 0.15) is 5.75 Å². The quantitative estimate of drug-likeness (QED) is 0.577. The summed E-state index contributed by atoms with van der Waals surface area (Å²) in [5.74, 6) is 1.44. The molecule has 1 heterocycles. The summed E-state index contributed by atoms with van der Waals surface area (Å²) in [5.41, 5.74) is 0. The number of esters is 1. The third-order valence-electron chi connectivity index (χ3n) is 2.91. The summed E-state index contributed by atoms with van der Waals surface area (Å²) < 4.78 is 12.6. The number of ether oxygens (including phenoxy) is 2. The molecule has 0 saturated heterocycles. The monoisotopic (exact) mass is 321 g/mol. The number of carbonyl (C=O) groups excluding carboxylic acids is 1. The van der Waals surface area contributed by atoms with Gasteiger partial charge in [-0.2, -0.15) is 0 Å². The molecule has 1 unspecified atom stereocenters. The van der Waals surface area contributed by atoms with E-state index in [0.717, 1.165) is 5.75 Å². The van der Waals surface area contributed by atoms with Crippen LogP contribution in [0.4, 0.5) is 0 Å². The number of benzene rings is 1. The molecule has 1 aromatic carbocycles. The van der Waals surface area contributed by atoms with Crippen LogP contribution in [0.25, 0.3) is 0 Å². The lowest BCUT2D eigenvalue weighted by molar-refractivity contribution is -0.139. The van der Waals surface area contributed by atoms with Crippen molar-refractivity contribution in [1.82, 2.24) is 14.8 Å². The Morgan fingerprint density at radius 3 is 2.73 bits per heavy atom. The first-order valence-electron chi connectivity index (χ1n) is 7.01. The maximum absolute atomic E-state index is 11.4. The second kappa shape index (κ2) is 7.84. The van der Waals surface area contributed by atoms with Gasteiger partial charge in [0, 0.05) is 7.05 Å². The minimum Gasteiger partial charge on any atom is -0.483 e. The zero-order chi connectivity index (χ0) is 15.9. The number of hydrogen-bond donors (Lipinski definition) is 0. The van der Waals surface area contributed by atoms with Crippen molar-refractivity contribution in [1.29, 1.82) is 0 Å². The van der Waals surface area contributed by atoms with Crippen LogP contribution >= 0.6 is 11.8 Å². The van der Waals surface area contributed by atoms with Crippen molar-refractivity contribution in [2.24, 2.45) is 7.05 Å². The summed E-state index contributed by atoms with van der Waals surface area (Å²) in [5, 5.41) is 8.91. The van der Waals surface area contributed by atoms with Crippen molar-refractivity contribution in [3.05, 3.63) is 36.2 Å². The molecule has 0 radical (unpaired) electrons. The molecule has 0 N–H and O–H groups in total. The van der Waals surface area contributed by atoms with E-state index in [1.807, 2.05) is 48.9 Å². The van der Waals surface area contributed by atoms with E-state index in [2.05, 4.69) is 10.2 Å². The minimum atomic E-state index is -0.259. The molecule has 7 heteroatoms. The van der Waals surface area contributed by atoms with E-state index in [-0.39, 0.29) is 17.8 Å². The normalized spacial score (nSPS) is 12.0. The predicted octanol–water partition coefficient (Wildman–Crippen LogP) is 2.61. The Morgan fingerprint density at radius 1 is 1.32 bits per heavy atom. The van der Waals surface area contributed by atoms with Crippen LogP contribution in [-0.2, 0) is 16.6 Å². The maximum Gasteiger partial charge on any atom is 0.316 e. The molecule has 118 valence electrons. The third-order valence-corrected chi connectivity index (χ3v) is 3.91. The van der Waals surface area contributed by atoms with E-state index in [1.54, 1.807) is 6.92 Å². The molecular formula is C15H19N3O3S. The number of hydrogen-bond acceptors (Lipinski definition) is 6. The number of aromatic nitrogens is 3. The van der Waals surface area contributed by atoms with Crippen molar-refractivity contribution >= 4 is 17.7 Å². The molecule has 2 aromatic rings. The van der Waals surface area contributed by atoms with Crippen molar-refractivity contribution in [3.63, 3.8) is 0 Å². The Bertz CT molecular complexity index is 616. The summed E-state index contributed by atoms with van der Waals surface area (Å²) in [6.45, 7) is 4.08. The van der Waals surface area contributed by atoms with Crippen LogP contribution in [0.1, 0.15) is 25.8 Å². The van der Waals surface area contributed by atoms with Gasteiger partial charge in [-0.05, 0) is 26.0 Å². The molecule has 22 heavy (non-hydrogen) atoms. The number of rotatable bonds is 7. The van der Waals surface area contributed by atoms with Crippen molar-refractivity contribution in [3.8, 4) is 5.75 Å². The Labute approximate surface area is 133 Å². The SMILES string of the molecule is CCOC(=O)CSc1nnc(C(C)Oc2ccccc2)n1C. The van der Waals surface area contributed by atoms with Crippen LogP contribution in [0, 0.1) is 0 Å². The Morgan fingerprint density at radius 2 is 2.05 bits per heavy atom. The molecule has 0 fully saturated rings. The molecule has 1 aromatic heterocycles. The molecule has 2 rings (SSSR count). The fourth-order valence-electron chi connectivity index (χ4n) is 1.89. The van der Waals surface area contributed by atoms with Crippen molar-refractivity contribution in [2.45, 2.75) is 25.1 Å². The maximum atomic E-state index is 11.4. The summed E-state index contributed by atoms with van der Waals surface area (Å²) in [7, 11) is 1.85.